The van der Waals surface area contributed by atoms with E-state index in [-0.39, 0.29) is 25.0 Å². The summed E-state index contributed by atoms with van der Waals surface area (Å²) < 4.78 is 12.1. The summed E-state index contributed by atoms with van der Waals surface area (Å²) in [7, 11) is 0. The molecule has 0 aromatic carbocycles. The van der Waals surface area contributed by atoms with Crippen LogP contribution in [0.25, 0.3) is 0 Å². The van der Waals surface area contributed by atoms with Crippen LogP contribution in [-0.4, -0.2) is 82.8 Å². The van der Waals surface area contributed by atoms with E-state index < -0.39 is 35.0 Å². The van der Waals surface area contributed by atoms with Crippen LogP contribution in [0, 0.1) is 11.8 Å². The van der Waals surface area contributed by atoms with E-state index in [4.69, 9.17) is 14.6 Å². The third-order valence-electron chi connectivity index (χ3n) is 7.73. The molecule has 2 saturated heterocycles. The number of aliphatic hydroxyl groups is 1. The smallest absolute Gasteiger partial charge is 0.313 e. The van der Waals surface area contributed by atoms with Gasteiger partial charge >= 0.3 is 5.97 Å². The number of hydrogen-bond donors (Lipinski definition) is 1. The first-order valence-corrected chi connectivity index (χ1v) is 12.8. The molecule has 2 amide bonds. The molecule has 1 spiro atoms. The summed E-state index contributed by atoms with van der Waals surface area (Å²) in [6, 6.07) is -0.798. The minimum absolute atomic E-state index is 0.107. The minimum Gasteiger partial charge on any atom is -0.461 e. The highest BCUT2D eigenvalue weighted by Gasteiger charge is 2.74. The molecule has 188 valence electrons. The first kappa shape index (κ1) is 24.9. The summed E-state index contributed by atoms with van der Waals surface area (Å²) in [6.07, 6.45) is 13.6. The average Bonchev–Trinajstić information content (AvgIpc) is 3.06. The Morgan fingerprint density at radius 1 is 0.971 bits per heavy atom. The first-order chi connectivity index (χ1) is 16.4. The SMILES string of the molecule is CCCCCN1CC=C[C@]23O[C@]4(C)C=CCOC(=O)[C@@H]4[C@H]2C(=O)N(CCCCCCO)C3C1=O. The maximum absolute atomic E-state index is 14.0. The lowest BCUT2D eigenvalue weighted by atomic mass is 9.75. The minimum atomic E-state index is -1.20. The number of unbranched alkanes of at least 4 members (excludes halogenated alkanes) is 5. The highest BCUT2D eigenvalue weighted by molar-refractivity contribution is 5.99. The van der Waals surface area contributed by atoms with Gasteiger partial charge < -0.3 is 24.4 Å². The lowest BCUT2D eigenvalue weighted by Crippen LogP contribution is -2.56. The monoisotopic (exact) mass is 474 g/mol. The summed E-state index contributed by atoms with van der Waals surface area (Å²) in [4.78, 5) is 44.4. The molecule has 0 bridgehead atoms. The van der Waals surface area contributed by atoms with Gasteiger partial charge in [-0.2, -0.15) is 0 Å². The van der Waals surface area contributed by atoms with Crippen molar-refractivity contribution in [3.63, 3.8) is 0 Å². The van der Waals surface area contributed by atoms with Gasteiger partial charge in [-0.15, -0.1) is 0 Å². The molecule has 1 N–H and O–H groups in total. The van der Waals surface area contributed by atoms with E-state index in [1.165, 1.54) is 0 Å². The third kappa shape index (κ3) is 4.19. The Kier molecular flexibility index (Phi) is 7.48. The van der Waals surface area contributed by atoms with Crippen molar-refractivity contribution >= 4 is 17.8 Å². The van der Waals surface area contributed by atoms with Crippen molar-refractivity contribution in [2.24, 2.45) is 11.8 Å². The van der Waals surface area contributed by atoms with Gasteiger partial charge in [0.1, 0.15) is 24.2 Å². The number of carbonyl (C=O) groups excluding carboxylic acids is 3. The van der Waals surface area contributed by atoms with Crippen LogP contribution in [0.4, 0.5) is 0 Å². The molecule has 0 aliphatic carbocycles. The van der Waals surface area contributed by atoms with Gasteiger partial charge in [0.25, 0.3) is 0 Å². The van der Waals surface area contributed by atoms with Gasteiger partial charge in [0.15, 0.2) is 0 Å². The third-order valence-corrected chi connectivity index (χ3v) is 7.73. The van der Waals surface area contributed by atoms with Gasteiger partial charge in [-0.05, 0) is 32.3 Å². The molecule has 4 aliphatic rings. The molecule has 1 unspecified atom stereocenters. The van der Waals surface area contributed by atoms with E-state index in [9.17, 15) is 14.4 Å². The van der Waals surface area contributed by atoms with Crippen LogP contribution >= 0.6 is 0 Å². The molecular formula is C26H38N2O6. The Morgan fingerprint density at radius 2 is 1.74 bits per heavy atom. The number of esters is 1. The fraction of sp³-hybridized carbons (Fsp3) is 0.731. The summed E-state index contributed by atoms with van der Waals surface area (Å²) >= 11 is 0. The van der Waals surface area contributed by atoms with E-state index in [2.05, 4.69) is 6.92 Å². The number of nitrogens with zero attached hydrogens (tertiary/aromatic N) is 2. The molecule has 0 radical (unpaired) electrons. The summed E-state index contributed by atoms with van der Waals surface area (Å²) in [5.74, 6) is -2.36. The maximum Gasteiger partial charge on any atom is 0.313 e. The van der Waals surface area contributed by atoms with Crippen molar-refractivity contribution in [3.05, 3.63) is 24.3 Å². The molecule has 8 nitrogen and oxygen atoms in total. The van der Waals surface area contributed by atoms with Crippen LogP contribution in [0.2, 0.25) is 0 Å². The predicted octanol–water partition coefficient (Wildman–Crippen LogP) is 2.21. The zero-order chi connectivity index (χ0) is 24.3. The normalized spacial score (nSPS) is 34.6. The molecule has 4 rings (SSSR count). The van der Waals surface area contributed by atoms with Crippen molar-refractivity contribution < 1.29 is 29.0 Å². The Morgan fingerprint density at radius 3 is 2.50 bits per heavy atom. The molecule has 5 atom stereocenters. The zero-order valence-electron chi connectivity index (χ0n) is 20.4. The van der Waals surface area contributed by atoms with Gasteiger partial charge in [-0.3, -0.25) is 14.4 Å². The lowest BCUT2D eigenvalue weighted by molar-refractivity contribution is -0.157. The summed E-state index contributed by atoms with van der Waals surface area (Å²) in [5, 5.41) is 9.06. The number of fused-ring (bicyclic) bond motifs is 2. The van der Waals surface area contributed by atoms with Crippen molar-refractivity contribution in [1.82, 2.24) is 9.80 Å². The molecule has 2 fully saturated rings. The molecule has 0 aromatic rings. The van der Waals surface area contributed by atoms with Crippen molar-refractivity contribution in [2.75, 3.05) is 32.8 Å². The van der Waals surface area contributed by atoms with Crippen LogP contribution < -0.4 is 0 Å². The number of likely N-dealkylation sites (tertiary alicyclic amines) is 1. The second kappa shape index (κ2) is 10.2. The van der Waals surface area contributed by atoms with E-state index in [1.54, 1.807) is 11.0 Å². The molecule has 4 aliphatic heterocycles. The van der Waals surface area contributed by atoms with Crippen LogP contribution in [0.3, 0.4) is 0 Å². The number of hydrogen-bond acceptors (Lipinski definition) is 6. The van der Waals surface area contributed by atoms with Crippen LogP contribution in [0.15, 0.2) is 24.3 Å². The molecule has 0 saturated carbocycles. The van der Waals surface area contributed by atoms with E-state index in [1.807, 2.05) is 30.1 Å². The van der Waals surface area contributed by atoms with Crippen LogP contribution in [0.1, 0.15) is 58.8 Å². The standard InChI is InChI=1S/C26H38N2O6/c1-3-4-7-14-27-15-10-13-26-19(20-24(32)33-18-11-12-25(20,2)34-26)22(30)28(21(26)23(27)31)16-8-5-6-9-17-29/h10-13,19-21,29H,3-9,14-18H2,1-2H3/t19-,20-,21?,25+,26-/m0/s1. The van der Waals surface area contributed by atoms with E-state index in [0.29, 0.717) is 19.6 Å². The van der Waals surface area contributed by atoms with Crippen molar-refractivity contribution in [1.29, 1.82) is 0 Å². The maximum atomic E-state index is 14.0. The molecule has 0 aromatic heterocycles. The van der Waals surface area contributed by atoms with Crippen LogP contribution in [0.5, 0.6) is 0 Å². The zero-order valence-corrected chi connectivity index (χ0v) is 20.4. The summed E-state index contributed by atoms with van der Waals surface area (Å²) in [5.41, 5.74) is -2.21. The van der Waals surface area contributed by atoms with Gasteiger partial charge in [-0.25, -0.2) is 0 Å². The first-order valence-electron chi connectivity index (χ1n) is 12.8. The number of carbonyl (C=O) groups is 3. The largest absolute Gasteiger partial charge is 0.461 e. The number of amides is 2. The Hall–Kier alpha value is -2.19. The van der Waals surface area contributed by atoms with Gasteiger partial charge in [0.2, 0.25) is 11.8 Å². The predicted molar refractivity (Wildman–Crippen MR) is 126 cm³/mol. The number of ether oxygens (including phenoxy) is 2. The molecule has 34 heavy (non-hydrogen) atoms. The van der Waals surface area contributed by atoms with Gasteiger partial charge in [-0.1, -0.05) is 50.8 Å². The van der Waals surface area contributed by atoms with Crippen LogP contribution in [-0.2, 0) is 23.9 Å². The van der Waals surface area contributed by atoms with Gasteiger partial charge in [0, 0.05) is 26.2 Å². The molecule has 4 heterocycles. The van der Waals surface area contributed by atoms with E-state index >= 15 is 0 Å². The Balaban J connectivity index is 1.69. The second-order valence-electron chi connectivity index (χ2n) is 10.1. The topological polar surface area (TPSA) is 96.4 Å². The number of aliphatic hydroxyl groups excluding tert-OH is 1. The van der Waals surface area contributed by atoms with Crippen molar-refractivity contribution in [3.8, 4) is 0 Å². The Labute approximate surface area is 201 Å². The van der Waals surface area contributed by atoms with Crippen molar-refractivity contribution in [2.45, 2.75) is 76.0 Å². The molecular weight excluding hydrogens is 436 g/mol. The second-order valence-corrected chi connectivity index (χ2v) is 10.1. The fourth-order valence-electron chi connectivity index (χ4n) is 6.14. The highest BCUT2D eigenvalue weighted by Crippen LogP contribution is 2.57. The number of cyclic esters (lactones) is 1. The highest BCUT2D eigenvalue weighted by atomic mass is 16.6. The summed E-state index contributed by atoms with van der Waals surface area (Å²) in [6.45, 7) is 5.78. The lowest BCUT2D eigenvalue weighted by Gasteiger charge is -2.37. The Bertz CT molecular complexity index is 856. The fourth-order valence-corrected chi connectivity index (χ4v) is 6.14. The number of rotatable bonds is 10. The quantitative estimate of drug-likeness (QED) is 0.296. The average molecular weight is 475 g/mol. The van der Waals surface area contributed by atoms with Gasteiger partial charge in [0.05, 0.1) is 11.5 Å². The van der Waals surface area contributed by atoms with E-state index in [0.717, 1.165) is 44.9 Å². The molecule has 8 heteroatoms.